The SMILES string of the molecule is COc1ccc(C=O)cc1Oc1ccc(C#CCO)cc1. The molecule has 0 aliphatic rings. The average Bonchev–Trinajstić information content (AvgIpc) is 2.54. The van der Waals surface area contributed by atoms with Crippen LogP contribution in [0.4, 0.5) is 0 Å². The number of aliphatic hydroxyl groups is 1. The Balaban J connectivity index is 2.23. The summed E-state index contributed by atoms with van der Waals surface area (Å²) in [6.07, 6.45) is 0.750. The summed E-state index contributed by atoms with van der Waals surface area (Å²) in [5, 5.41) is 8.64. The highest BCUT2D eigenvalue weighted by molar-refractivity contribution is 5.76. The lowest BCUT2D eigenvalue weighted by atomic mass is 10.2. The van der Waals surface area contributed by atoms with Crippen molar-refractivity contribution in [2.24, 2.45) is 0 Å². The number of carbonyl (C=O) groups is 1. The number of methoxy groups -OCH3 is 1. The molecule has 1 N–H and O–H groups in total. The lowest BCUT2D eigenvalue weighted by Crippen LogP contribution is -1.92. The van der Waals surface area contributed by atoms with E-state index in [2.05, 4.69) is 11.8 Å². The summed E-state index contributed by atoms with van der Waals surface area (Å²) < 4.78 is 10.9. The molecule has 2 rings (SSSR count). The van der Waals surface area contributed by atoms with Crippen LogP contribution < -0.4 is 9.47 Å². The Kier molecular flexibility index (Phi) is 4.97. The molecule has 2 aromatic rings. The summed E-state index contributed by atoms with van der Waals surface area (Å²) in [7, 11) is 1.54. The summed E-state index contributed by atoms with van der Waals surface area (Å²) >= 11 is 0. The van der Waals surface area contributed by atoms with Crippen LogP contribution in [0.1, 0.15) is 15.9 Å². The van der Waals surface area contributed by atoms with E-state index in [0.717, 1.165) is 11.8 Å². The second-order valence-corrected chi connectivity index (χ2v) is 4.11. The van der Waals surface area contributed by atoms with Crippen LogP contribution in [-0.4, -0.2) is 25.1 Å². The molecule has 2 aromatic carbocycles. The van der Waals surface area contributed by atoms with Gasteiger partial charge >= 0.3 is 0 Å². The summed E-state index contributed by atoms with van der Waals surface area (Å²) in [6, 6.07) is 12.0. The van der Waals surface area contributed by atoms with Gasteiger partial charge in [0.15, 0.2) is 11.5 Å². The van der Waals surface area contributed by atoms with Crippen molar-refractivity contribution in [1.82, 2.24) is 0 Å². The number of aliphatic hydroxyl groups excluding tert-OH is 1. The van der Waals surface area contributed by atoms with Crippen LogP contribution in [0.3, 0.4) is 0 Å². The predicted molar refractivity (Wildman–Crippen MR) is 78.9 cm³/mol. The smallest absolute Gasteiger partial charge is 0.169 e. The number of ether oxygens (including phenoxy) is 2. The molecule has 0 saturated heterocycles. The van der Waals surface area contributed by atoms with E-state index in [-0.39, 0.29) is 6.61 Å². The van der Waals surface area contributed by atoms with Crippen molar-refractivity contribution < 1.29 is 19.4 Å². The number of aldehydes is 1. The van der Waals surface area contributed by atoms with Gasteiger partial charge in [-0.2, -0.15) is 0 Å². The second-order valence-electron chi connectivity index (χ2n) is 4.11. The molecular weight excluding hydrogens is 268 g/mol. The molecule has 0 spiro atoms. The van der Waals surface area contributed by atoms with Crippen LogP contribution >= 0.6 is 0 Å². The molecular formula is C17H14O4. The molecule has 0 aliphatic carbocycles. The third-order valence-corrected chi connectivity index (χ3v) is 2.72. The monoisotopic (exact) mass is 282 g/mol. The molecule has 0 atom stereocenters. The molecule has 0 amide bonds. The summed E-state index contributed by atoms with van der Waals surface area (Å²) in [6.45, 7) is -0.173. The highest BCUT2D eigenvalue weighted by Crippen LogP contribution is 2.32. The maximum absolute atomic E-state index is 10.8. The van der Waals surface area contributed by atoms with Gasteiger partial charge in [-0.25, -0.2) is 0 Å². The predicted octanol–water partition coefficient (Wildman–Crippen LogP) is 2.64. The minimum Gasteiger partial charge on any atom is -0.493 e. The van der Waals surface area contributed by atoms with Gasteiger partial charge in [-0.05, 0) is 42.5 Å². The van der Waals surface area contributed by atoms with Crippen molar-refractivity contribution in [3.8, 4) is 29.1 Å². The minimum absolute atomic E-state index is 0.173. The van der Waals surface area contributed by atoms with Gasteiger partial charge in [-0.1, -0.05) is 11.8 Å². The van der Waals surface area contributed by atoms with Crippen LogP contribution in [0.5, 0.6) is 17.2 Å². The van der Waals surface area contributed by atoms with Crippen LogP contribution in [0.25, 0.3) is 0 Å². The van der Waals surface area contributed by atoms with Gasteiger partial charge in [0.1, 0.15) is 18.6 Å². The topological polar surface area (TPSA) is 55.8 Å². The van der Waals surface area contributed by atoms with E-state index in [1.807, 2.05) is 0 Å². The number of rotatable bonds is 4. The molecule has 106 valence electrons. The number of carbonyl (C=O) groups excluding carboxylic acids is 1. The van der Waals surface area contributed by atoms with Gasteiger partial charge in [-0.3, -0.25) is 4.79 Å². The Labute approximate surface area is 122 Å². The van der Waals surface area contributed by atoms with Crippen LogP contribution in [0.15, 0.2) is 42.5 Å². The first-order valence-electron chi connectivity index (χ1n) is 6.27. The van der Waals surface area contributed by atoms with E-state index < -0.39 is 0 Å². The molecule has 0 aromatic heterocycles. The zero-order valence-electron chi connectivity index (χ0n) is 11.5. The number of hydrogen-bond acceptors (Lipinski definition) is 4. The molecule has 0 bridgehead atoms. The van der Waals surface area contributed by atoms with Crippen LogP contribution in [-0.2, 0) is 0 Å². The fraction of sp³-hybridized carbons (Fsp3) is 0.118. The Bertz CT molecular complexity index is 678. The Morgan fingerprint density at radius 1 is 1.14 bits per heavy atom. The lowest BCUT2D eigenvalue weighted by Gasteiger charge is -2.10. The van der Waals surface area contributed by atoms with Gasteiger partial charge in [-0.15, -0.1) is 0 Å². The quantitative estimate of drug-likeness (QED) is 0.692. The minimum atomic E-state index is -0.173. The number of benzene rings is 2. The van der Waals surface area contributed by atoms with E-state index in [9.17, 15) is 4.79 Å². The van der Waals surface area contributed by atoms with Gasteiger partial charge in [0.2, 0.25) is 0 Å². The van der Waals surface area contributed by atoms with E-state index >= 15 is 0 Å². The Morgan fingerprint density at radius 2 is 1.90 bits per heavy atom. The van der Waals surface area contributed by atoms with E-state index in [1.165, 1.54) is 7.11 Å². The summed E-state index contributed by atoms with van der Waals surface area (Å²) in [5.74, 6) is 6.99. The van der Waals surface area contributed by atoms with Gasteiger partial charge in [0, 0.05) is 11.1 Å². The first kappa shape index (κ1) is 14.6. The maximum Gasteiger partial charge on any atom is 0.169 e. The largest absolute Gasteiger partial charge is 0.493 e. The molecule has 0 radical (unpaired) electrons. The summed E-state index contributed by atoms with van der Waals surface area (Å²) in [4.78, 5) is 10.8. The van der Waals surface area contributed by atoms with Crippen LogP contribution in [0, 0.1) is 11.8 Å². The zero-order chi connectivity index (χ0) is 15.1. The zero-order valence-corrected chi connectivity index (χ0v) is 11.5. The standard InChI is InChI=1S/C17H14O4/c1-20-16-9-6-14(12-19)11-17(16)21-15-7-4-13(5-8-15)3-2-10-18/h4-9,11-12,18H,10H2,1H3. The highest BCUT2D eigenvalue weighted by Gasteiger charge is 2.07. The summed E-state index contributed by atoms with van der Waals surface area (Å²) in [5.41, 5.74) is 1.29. The normalized spacial score (nSPS) is 9.43. The third-order valence-electron chi connectivity index (χ3n) is 2.72. The third kappa shape index (κ3) is 3.85. The van der Waals surface area contributed by atoms with Gasteiger partial charge in [0.05, 0.1) is 7.11 Å². The fourth-order valence-corrected chi connectivity index (χ4v) is 1.72. The highest BCUT2D eigenvalue weighted by atomic mass is 16.5. The average molecular weight is 282 g/mol. The molecule has 0 unspecified atom stereocenters. The molecule has 4 nitrogen and oxygen atoms in total. The molecule has 0 heterocycles. The van der Waals surface area contributed by atoms with E-state index in [4.69, 9.17) is 14.6 Å². The van der Waals surface area contributed by atoms with Crippen molar-refractivity contribution in [2.45, 2.75) is 0 Å². The lowest BCUT2D eigenvalue weighted by molar-refractivity contribution is 0.112. The first-order chi connectivity index (χ1) is 10.3. The van der Waals surface area contributed by atoms with E-state index in [0.29, 0.717) is 22.8 Å². The van der Waals surface area contributed by atoms with E-state index in [1.54, 1.807) is 42.5 Å². The Morgan fingerprint density at radius 3 is 2.52 bits per heavy atom. The molecule has 0 fully saturated rings. The van der Waals surface area contributed by atoms with Crippen molar-refractivity contribution in [3.63, 3.8) is 0 Å². The number of hydrogen-bond donors (Lipinski definition) is 1. The molecule has 0 saturated carbocycles. The van der Waals surface area contributed by atoms with Crippen molar-refractivity contribution >= 4 is 6.29 Å². The van der Waals surface area contributed by atoms with Crippen LogP contribution in [0.2, 0.25) is 0 Å². The molecule has 0 aliphatic heterocycles. The maximum atomic E-state index is 10.8. The Hall–Kier alpha value is -2.77. The molecule has 4 heteroatoms. The first-order valence-corrected chi connectivity index (χ1v) is 6.27. The molecule has 21 heavy (non-hydrogen) atoms. The van der Waals surface area contributed by atoms with Crippen molar-refractivity contribution in [3.05, 3.63) is 53.6 Å². The second kappa shape index (κ2) is 7.13. The van der Waals surface area contributed by atoms with Gasteiger partial charge in [0.25, 0.3) is 0 Å². The van der Waals surface area contributed by atoms with Gasteiger partial charge < -0.3 is 14.6 Å². The fourth-order valence-electron chi connectivity index (χ4n) is 1.72. The van der Waals surface area contributed by atoms with Crippen molar-refractivity contribution in [2.75, 3.05) is 13.7 Å². The van der Waals surface area contributed by atoms with Crippen molar-refractivity contribution in [1.29, 1.82) is 0 Å².